The second-order valence-electron chi connectivity index (χ2n) is 4.99. The van der Waals surface area contributed by atoms with Gasteiger partial charge < -0.3 is 15.2 Å². The lowest BCUT2D eigenvalue weighted by Crippen LogP contribution is -2.45. The molecule has 2 N–H and O–H groups in total. The minimum absolute atomic E-state index is 0.148. The van der Waals surface area contributed by atoms with E-state index in [-0.39, 0.29) is 12.1 Å². The van der Waals surface area contributed by atoms with Gasteiger partial charge >= 0.3 is 0 Å². The maximum atomic E-state index is 6.35. The second kappa shape index (κ2) is 6.26. The first-order valence-corrected chi connectivity index (χ1v) is 6.92. The van der Waals surface area contributed by atoms with Gasteiger partial charge in [-0.15, -0.1) is 0 Å². The van der Waals surface area contributed by atoms with Gasteiger partial charge in [0.05, 0.1) is 20.3 Å². The van der Waals surface area contributed by atoms with Crippen LogP contribution in [0.2, 0.25) is 0 Å². The molecule has 1 aromatic carbocycles. The second-order valence-corrected chi connectivity index (χ2v) is 4.99. The van der Waals surface area contributed by atoms with Crippen molar-refractivity contribution >= 4 is 0 Å². The lowest BCUT2D eigenvalue weighted by molar-refractivity contribution is 0.133. The molecule has 4 heteroatoms. The Morgan fingerprint density at radius 3 is 2.74 bits per heavy atom. The summed E-state index contributed by atoms with van der Waals surface area (Å²) in [5.74, 6) is 1.74. The molecular formula is C15H24N2O2. The molecule has 2 atom stereocenters. The Morgan fingerprint density at radius 1 is 1.32 bits per heavy atom. The van der Waals surface area contributed by atoms with E-state index in [0.717, 1.165) is 43.0 Å². The molecular weight excluding hydrogens is 240 g/mol. The van der Waals surface area contributed by atoms with E-state index in [1.807, 2.05) is 12.1 Å². The van der Waals surface area contributed by atoms with E-state index in [4.69, 9.17) is 15.2 Å². The molecule has 0 bridgehead atoms. The maximum Gasteiger partial charge on any atom is 0.123 e. The summed E-state index contributed by atoms with van der Waals surface area (Å²) in [4.78, 5) is 2.42. The molecule has 1 aliphatic heterocycles. The van der Waals surface area contributed by atoms with Crippen LogP contribution in [0.4, 0.5) is 0 Å². The Morgan fingerprint density at radius 2 is 2.11 bits per heavy atom. The summed E-state index contributed by atoms with van der Waals surface area (Å²) >= 11 is 0. The van der Waals surface area contributed by atoms with Gasteiger partial charge in [0.25, 0.3) is 0 Å². The summed E-state index contributed by atoms with van der Waals surface area (Å²) in [7, 11) is 3.39. The first-order chi connectivity index (χ1) is 9.21. The average Bonchev–Trinajstić information content (AvgIpc) is 2.46. The van der Waals surface area contributed by atoms with Crippen molar-refractivity contribution in [3.05, 3.63) is 23.8 Å². The monoisotopic (exact) mass is 264 g/mol. The number of hydrogen-bond acceptors (Lipinski definition) is 4. The van der Waals surface area contributed by atoms with Gasteiger partial charge in [0.15, 0.2) is 0 Å². The van der Waals surface area contributed by atoms with Crippen molar-refractivity contribution in [2.45, 2.75) is 31.8 Å². The zero-order chi connectivity index (χ0) is 13.8. The van der Waals surface area contributed by atoms with Crippen molar-refractivity contribution in [2.75, 3.05) is 27.3 Å². The number of piperidine rings is 1. The zero-order valence-corrected chi connectivity index (χ0v) is 12.1. The molecule has 1 heterocycles. The smallest absolute Gasteiger partial charge is 0.123 e. The van der Waals surface area contributed by atoms with Crippen molar-refractivity contribution < 1.29 is 9.47 Å². The highest BCUT2D eigenvalue weighted by Crippen LogP contribution is 2.37. The quantitative estimate of drug-likeness (QED) is 0.905. The van der Waals surface area contributed by atoms with Crippen LogP contribution < -0.4 is 15.2 Å². The van der Waals surface area contributed by atoms with Gasteiger partial charge in [-0.3, -0.25) is 4.90 Å². The van der Waals surface area contributed by atoms with Crippen molar-refractivity contribution in [3.8, 4) is 11.5 Å². The van der Waals surface area contributed by atoms with Crippen molar-refractivity contribution in [1.82, 2.24) is 4.90 Å². The fraction of sp³-hybridized carbons (Fsp3) is 0.600. The molecule has 1 aliphatic rings. The fourth-order valence-corrected chi connectivity index (χ4v) is 2.95. The standard InChI is InChI=1S/C15H24N2O2/c1-4-17-9-5-6-13(16)15(17)12-10-11(18-2)7-8-14(12)19-3/h7-8,10,13,15H,4-6,9,16H2,1-3H3. The molecule has 2 unspecified atom stereocenters. The van der Waals surface area contributed by atoms with E-state index in [2.05, 4.69) is 17.9 Å². The number of ether oxygens (including phenoxy) is 2. The molecule has 106 valence electrons. The summed E-state index contributed by atoms with van der Waals surface area (Å²) in [6.45, 7) is 4.27. The molecule has 0 spiro atoms. The lowest BCUT2D eigenvalue weighted by atomic mass is 9.90. The van der Waals surface area contributed by atoms with Gasteiger partial charge in [-0.25, -0.2) is 0 Å². The number of nitrogens with zero attached hydrogens (tertiary/aromatic N) is 1. The van der Waals surface area contributed by atoms with E-state index >= 15 is 0 Å². The van der Waals surface area contributed by atoms with E-state index in [9.17, 15) is 0 Å². The molecule has 0 radical (unpaired) electrons. The molecule has 1 aromatic rings. The Balaban J connectivity index is 2.41. The van der Waals surface area contributed by atoms with Crippen LogP contribution in [-0.4, -0.2) is 38.3 Å². The Labute approximate surface area is 115 Å². The van der Waals surface area contributed by atoms with Gasteiger partial charge in [-0.1, -0.05) is 6.92 Å². The van der Waals surface area contributed by atoms with Crippen LogP contribution in [-0.2, 0) is 0 Å². The molecule has 0 saturated carbocycles. The molecule has 1 saturated heterocycles. The minimum Gasteiger partial charge on any atom is -0.497 e. The van der Waals surface area contributed by atoms with E-state index < -0.39 is 0 Å². The Hall–Kier alpha value is -1.26. The van der Waals surface area contributed by atoms with Gasteiger partial charge in [0.1, 0.15) is 11.5 Å². The SMILES string of the molecule is CCN1CCCC(N)C1c1cc(OC)ccc1OC. The summed E-state index contributed by atoms with van der Waals surface area (Å²) in [6, 6.07) is 6.30. The molecule has 2 rings (SSSR count). The van der Waals surface area contributed by atoms with Gasteiger partial charge in [0, 0.05) is 11.6 Å². The highest BCUT2D eigenvalue weighted by atomic mass is 16.5. The molecule has 0 amide bonds. The number of hydrogen-bond donors (Lipinski definition) is 1. The maximum absolute atomic E-state index is 6.35. The molecule has 0 aromatic heterocycles. The topological polar surface area (TPSA) is 47.7 Å². The molecule has 4 nitrogen and oxygen atoms in total. The normalized spacial score (nSPS) is 24.2. The van der Waals surface area contributed by atoms with Gasteiger partial charge in [0.2, 0.25) is 0 Å². The number of nitrogens with two attached hydrogens (primary N) is 1. The van der Waals surface area contributed by atoms with E-state index in [1.165, 1.54) is 0 Å². The lowest BCUT2D eigenvalue weighted by Gasteiger charge is -2.40. The predicted molar refractivity (Wildman–Crippen MR) is 76.7 cm³/mol. The average molecular weight is 264 g/mol. The number of methoxy groups -OCH3 is 2. The Kier molecular flexibility index (Phi) is 4.66. The number of rotatable bonds is 4. The third-order valence-electron chi connectivity index (χ3n) is 3.94. The summed E-state index contributed by atoms with van der Waals surface area (Å²) in [6.07, 6.45) is 2.22. The summed E-state index contributed by atoms with van der Waals surface area (Å²) < 4.78 is 10.8. The zero-order valence-electron chi connectivity index (χ0n) is 12.1. The number of benzene rings is 1. The third-order valence-corrected chi connectivity index (χ3v) is 3.94. The van der Waals surface area contributed by atoms with Gasteiger partial charge in [-0.05, 0) is 44.1 Å². The molecule has 0 aliphatic carbocycles. The first-order valence-electron chi connectivity index (χ1n) is 6.92. The van der Waals surface area contributed by atoms with Gasteiger partial charge in [-0.2, -0.15) is 0 Å². The highest BCUT2D eigenvalue weighted by Gasteiger charge is 2.31. The van der Waals surface area contributed by atoms with Crippen molar-refractivity contribution in [2.24, 2.45) is 5.73 Å². The number of likely N-dealkylation sites (tertiary alicyclic amines) is 1. The summed E-state index contributed by atoms with van der Waals surface area (Å²) in [5, 5.41) is 0. The van der Waals surface area contributed by atoms with E-state index in [1.54, 1.807) is 14.2 Å². The van der Waals surface area contributed by atoms with Crippen LogP contribution in [0.15, 0.2) is 18.2 Å². The van der Waals surface area contributed by atoms with Crippen LogP contribution in [0.3, 0.4) is 0 Å². The van der Waals surface area contributed by atoms with Crippen LogP contribution in [0.5, 0.6) is 11.5 Å². The van der Waals surface area contributed by atoms with Crippen LogP contribution in [0, 0.1) is 0 Å². The summed E-state index contributed by atoms with van der Waals surface area (Å²) in [5.41, 5.74) is 7.49. The fourth-order valence-electron chi connectivity index (χ4n) is 2.95. The van der Waals surface area contributed by atoms with Crippen LogP contribution >= 0.6 is 0 Å². The molecule has 19 heavy (non-hydrogen) atoms. The van der Waals surface area contributed by atoms with Crippen LogP contribution in [0.25, 0.3) is 0 Å². The molecule has 1 fully saturated rings. The largest absolute Gasteiger partial charge is 0.497 e. The van der Waals surface area contributed by atoms with E-state index in [0.29, 0.717) is 0 Å². The third kappa shape index (κ3) is 2.85. The first kappa shape index (κ1) is 14.2. The minimum atomic E-state index is 0.148. The Bertz CT molecular complexity index is 423. The van der Waals surface area contributed by atoms with Crippen LogP contribution in [0.1, 0.15) is 31.4 Å². The number of likely N-dealkylation sites (N-methyl/N-ethyl adjacent to an activating group) is 1. The van der Waals surface area contributed by atoms with Crippen molar-refractivity contribution in [1.29, 1.82) is 0 Å². The van der Waals surface area contributed by atoms with Crippen molar-refractivity contribution in [3.63, 3.8) is 0 Å². The highest BCUT2D eigenvalue weighted by molar-refractivity contribution is 5.43. The predicted octanol–water partition coefficient (Wildman–Crippen LogP) is 2.19.